The van der Waals surface area contributed by atoms with Crippen LogP contribution in [0, 0.1) is 6.92 Å². The van der Waals surface area contributed by atoms with Gasteiger partial charge in [0.15, 0.2) is 0 Å². The molecule has 0 fully saturated rings. The molecule has 236 valence electrons. The molecule has 4 aromatic carbocycles. The lowest BCUT2D eigenvalue weighted by Gasteiger charge is -2.28. The van der Waals surface area contributed by atoms with E-state index in [1.165, 1.54) is 0 Å². The lowest BCUT2D eigenvalue weighted by Crippen LogP contribution is -2.29. The third-order valence-corrected chi connectivity index (χ3v) is 7.34. The van der Waals surface area contributed by atoms with Gasteiger partial charge < -0.3 is 24.8 Å². The zero-order valence-electron chi connectivity index (χ0n) is 25.2. The average Bonchev–Trinajstić information content (AvgIpc) is 3.00. The van der Waals surface area contributed by atoms with Gasteiger partial charge in [0.2, 0.25) is 15.9 Å². The summed E-state index contributed by atoms with van der Waals surface area (Å²) in [7, 11) is -3.43. The fourth-order valence-electron chi connectivity index (χ4n) is 4.64. The Morgan fingerprint density at radius 1 is 0.822 bits per heavy atom. The minimum atomic E-state index is -3.43. The maximum Gasteiger partial charge on any atom is 0.322 e. The Hall–Kier alpha value is -5.03. The molecular weight excluding hydrogens is 594 g/mol. The number of hydrogen-bond donors (Lipinski definition) is 3. The van der Waals surface area contributed by atoms with Crippen molar-refractivity contribution in [3.05, 3.63) is 114 Å². The van der Waals surface area contributed by atoms with E-state index < -0.39 is 22.5 Å². The van der Waals surface area contributed by atoms with Crippen molar-refractivity contribution in [1.29, 1.82) is 0 Å². The number of carbonyl (C=O) groups excluding carboxylic acids is 1. The molecular formula is C34H37N3O7S. The zero-order chi connectivity index (χ0) is 32.2. The third-order valence-electron chi connectivity index (χ3n) is 6.75. The molecule has 0 radical (unpaired) electrons. The normalized spacial score (nSPS) is 11.0. The number of nitrogens with zero attached hydrogens (tertiary/aromatic N) is 1. The number of carbonyl (C=O) groups is 2. The first-order valence-electron chi connectivity index (χ1n) is 14.4. The minimum Gasteiger partial charge on any atom is -0.493 e. The number of benzene rings is 4. The van der Waals surface area contributed by atoms with Gasteiger partial charge >= 0.3 is 5.97 Å². The monoisotopic (exact) mass is 631 g/mol. The van der Waals surface area contributed by atoms with E-state index in [9.17, 15) is 18.0 Å². The van der Waals surface area contributed by atoms with Crippen molar-refractivity contribution in [3.8, 4) is 17.2 Å². The van der Waals surface area contributed by atoms with Gasteiger partial charge in [-0.3, -0.25) is 14.3 Å². The first-order chi connectivity index (χ1) is 21.6. The van der Waals surface area contributed by atoms with E-state index in [-0.39, 0.29) is 12.3 Å². The average molecular weight is 632 g/mol. The summed E-state index contributed by atoms with van der Waals surface area (Å²) >= 11 is 0. The minimum absolute atomic E-state index is 0.168. The van der Waals surface area contributed by atoms with Crippen LogP contribution < -0.4 is 24.4 Å². The Labute approximate surface area is 263 Å². The summed E-state index contributed by atoms with van der Waals surface area (Å²) < 4.78 is 38.3. The summed E-state index contributed by atoms with van der Waals surface area (Å²) in [4.78, 5) is 24.4. The predicted octanol–water partition coefficient (Wildman–Crippen LogP) is 5.73. The number of nitrogens with one attached hydrogen (secondary N) is 2. The molecule has 0 aliphatic rings. The number of hydrogen-bond acceptors (Lipinski definition) is 7. The fourth-order valence-corrected chi connectivity index (χ4v) is 5.26. The van der Waals surface area contributed by atoms with Crippen molar-refractivity contribution in [2.45, 2.75) is 32.9 Å². The number of aliphatic carboxylic acids is 1. The SMILES string of the molecule is Cc1c(NS(C)(=O)=O)cccc1N(Cc1ccccc1)Cc1ccc(Oc2cccc(OCCCC(=O)NCC(=O)O)c2)cc1. The molecule has 0 unspecified atom stereocenters. The highest BCUT2D eigenvalue weighted by Gasteiger charge is 2.15. The van der Waals surface area contributed by atoms with Crippen molar-refractivity contribution < 1.29 is 32.6 Å². The van der Waals surface area contributed by atoms with Crippen molar-refractivity contribution in [3.63, 3.8) is 0 Å². The van der Waals surface area contributed by atoms with Gasteiger partial charge in [-0.25, -0.2) is 8.42 Å². The van der Waals surface area contributed by atoms with Crippen LogP contribution in [0.1, 0.15) is 29.5 Å². The summed E-state index contributed by atoms with van der Waals surface area (Å²) in [6.07, 6.45) is 1.75. The number of anilines is 2. The molecule has 0 aliphatic carbocycles. The second-order valence-electron chi connectivity index (χ2n) is 10.5. The molecule has 0 bridgehead atoms. The number of rotatable bonds is 16. The number of ether oxygens (including phenoxy) is 2. The van der Waals surface area contributed by atoms with Crippen LogP contribution >= 0.6 is 0 Å². The van der Waals surface area contributed by atoms with E-state index in [0.29, 0.717) is 49.1 Å². The van der Waals surface area contributed by atoms with Crippen molar-refractivity contribution in [2.24, 2.45) is 0 Å². The Morgan fingerprint density at radius 3 is 2.18 bits per heavy atom. The second-order valence-corrected chi connectivity index (χ2v) is 12.3. The molecule has 0 aliphatic heterocycles. The maximum atomic E-state index is 11.9. The van der Waals surface area contributed by atoms with Crippen molar-refractivity contribution in [2.75, 3.05) is 29.0 Å². The molecule has 0 heterocycles. The fraction of sp³-hybridized carbons (Fsp3) is 0.235. The van der Waals surface area contributed by atoms with E-state index in [1.54, 1.807) is 18.2 Å². The van der Waals surface area contributed by atoms with Crippen LogP contribution in [0.2, 0.25) is 0 Å². The van der Waals surface area contributed by atoms with Gasteiger partial charge in [0.05, 0.1) is 18.6 Å². The Morgan fingerprint density at radius 2 is 1.49 bits per heavy atom. The van der Waals surface area contributed by atoms with Crippen LogP contribution in [0.3, 0.4) is 0 Å². The molecule has 0 aromatic heterocycles. The van der Waals surface area contributed by atoms with E-state index in [2.05, 4.69) is 27.1 Å². The second kappa shape index (κ2) is 15.6. The quantitative estimate of drug-likeness (QED) is 0.134. The van der Waals surface area contributed by atoms with Gasteiger partial charge in [0.25, 0.3) is 0 Å². The van der Waals surface area contributed by atoms with Gasteiger partial charge in [0, 0.05) is 31.3 Å². The number of sulfonamides is 1. The summed E-state index contributed by atoms with van der Waals surface area (Å²) in [5, 5.41) is 11.0. The molecule has 45 heavy (non-hydrogen) atoms. The predicted molar refractivity (Wildman–Crippen MR) is 174 cm³/mol. The van der Waals surface area contributed by atoms with Crippen molar-refractivity contribution in [1.82, 2.24) is 5.32 Å². The molecule has 1 amide bonds. The van der Waals surface area contributed by atoms with E-state index in [4.69, 9.17) is 14.6 Å². The summed E-state index contributed by atoms with van der Waals surface area (Å²) in [6, 6.07) is 30.7. The van der Waals surface area contributed by atoms with Crippen LogP contribution in [-0.4, -0.2) is 44.8 Å². The highest BCUT2D eigenvalue weighted by molar-refractivity contribution is 7.92. The molecule has 3 N–H and O–H groups in total. The lowest BCUT2D eigenvalue weighted by molar-refractivity contribution is -0.137. The smallest absolute Gasteiger partial charge is 0.322 e. The van der Waals surface area contributed by atoms with Crippen LogP contribution in [0.4, 0.5) is 11.4 Å². The van der Waals surface area contributed by atoms with E-state index in [0.717, 1.165) is 28.6 Å². The summed E-state index contributed by atoms with van der Waals surface area (Å²) in [6.45, 7) is 3.02. The number of amides is 1. The number of carboxylic acid groups (broad SMARTS) is 1. The Bertz CT molecular complexity index is 1690. The van der Waals surface area contributed by atoms with Crippen LogP contribution in [0.15, 0.2) is 97.1 Å². The van der Waals surface area contributed by atoms with Crippen LogP contribution in [0.5, 0.6) is 17.2 Å². The van der Waals surface area contributed by atoms with Gasteiger partial charge in [-0.15, -0.1) is 0 Å². The van der Waals surface area contributed by atoms with Crippen LogP contribution in [0.25, 0.3) is 0 Å². The largest absolute Gasteiger partial charge is 0.493 e. The Kier molecular flexibility index (Phi) is 11.4. The van der Waals surface area contributed by atoms with Gasteiger partial charge in [-0.1, -0.05) is 54.6 Å². The Balaban J connectivity index is 1.40. The molecule has 0 atom stereocenters. The molecule has 4 aromatic rings. The first kappa shape index (κ1) is 32.9. The molecule has 4 rings (SSSR count). The maximum absolute atomic E-state index is 11.9. The first-order valence-corrected chi connectivity index (χ1v) is 16.3. The molecule has 10 nitrogen and oxygen atoms in total. The van der Waals surface area contributed by atoms with Gasteiger partial charge in [-0.2, -0.15) is 0 Å². The molecule has 0 saturated heterocycles. The summed E-state index contributed by atoms with van der Waals surface area (Å²) in [5.41, 5.74) is 4.47. The highest BCUT2D eigenvalue weighted by atomic mass is 32.2. The lowest BCUT2D eigenvalue weighted by atomic mass is 10.1. The van der Waals surface area contributed by atoms with Gasteiger partial charge in [-0.05, 0) is 66.4 Å². The zero-order valence-corrected chi connectivity index (χ0v) is 26.0. The van der Waals surface area contributed by atoms with E-state index in [1.807, 2.05) is 73.7 Å². The van der Waals surface area contributed by atoms with Crippen LogP contribution in [-0.2, 0) is 32.7 Å². The van der Waals surface area contributed by atoms with E-state index >= 15 is 0 Å². The molecule has 0 spiro atoms. The molecule has 11 heteroatoms. The summed E-state index contributed by atoms with van der Waals surface area (Å²) in [5.74, 6) is 0.414. The highest BCUT2D eigenvalue weighted by Crippen LogP contribution is 2.31. The molecule has 0 saturated carbocycles. The van der Waals surface area contributed by atoms with Gasteiger partial charge in [0.1, 0.15) is 23.8 Å². The number of carboxylic acids is 1. The van der Waals surface area contributed by atoms with Crippen molar-refractivity contribution >= 4 is 33.3 Å². The third kappa shape index (κ3) is 10.9. The standard InChI is InChI=1S/C34H37N3O7S/c1-25-31(36-45(2,41)42)13-7-14-32(25)37(23-26-9-4-3-5-10-26)24-27-16-18-28(19-17-27)44-30-12-6-11-29(21-30)43-20-8-15-33(38)35-22-34(39)40/h3-7,9-14,16-19,21,36H,8,15,20,22-24H2,1-2H3,(H,35,38)(H,39,40). The topological polar surface area (TPSA) is 134 Å².